The molecule has 0 saturated heterocycles. The summed E-state index contributed by atoms with van der Waals surface area (Å²) < 4.78 is 0. The fraction of sp³-hybridized carbons (Fsp3) is 0.111. The lowest BCUT2D eigenvalue weighted by Gasteiger charge is -2.07. The Bertz CT molecular complexity index is 760. The van der Waals surface area contributed by atoms with Gasteiger partial charge in [0, 0.05) is 5.92 Å². The van der Waals surface area contributed by atoms with Crippen molar-refractivity contribution in [3.05, 3.63) is 60.2 Å². The molecule has 1 atom stereocenters. The van der Waals surface area contributed by atoms with Gasteiger partial charge >= 0.3 is 0 Å². The Balaban J connectivity index is 2.28. The van der Waals surface area contributed by atoms with E-state index in [1.807, 2.05) is 0 Å². The molecular formula is C18H14. The first-order valence-electron chi connectivity index (χ1n) is 6.16. The highest BCUT2D eigenvalue weighted by molar-refractivity contribution is 5.98. The van der Waals surface area contributed by atoms with Crippen molar-refractivity contribution in [1.82, 2.24) is 0 Å². The van der Waals surface area contributed by atoms with Crippen LogP contribution in [0.15, 0.2) is 54.6 Å². The molecule has 0 aliphatic carbocycles. The van der Waals surface area contributed by atoms with E-state index in [4.69, 9.17) is 6.42 Å². The quantitative estimate of drug-likeness (QED) is 0.419. The highest BCUT2D eigenvalue weighted by Crippen LogP contribution is 2.26. The van der Waals surface area contributed by atoms with E-state index in [0.717, 1.165) is 0 Å². The van der Waals surface area contributed by atoms with Gasteiger partial charge in [-0.15, -0.1) is 6.42 Å². The van der Waals surface area contributed by atoms with Crippen molar-refractivity contribution < 1.29 is 0 Å². The fourth-order valence-electron chi connectivity index (χ4n) is 2.32. The van der Waals surface area contributed by atoms with Crippen LogP contribution in [0.1, 0.15) is 18.4 Å². The number of fused-ring (bicyclic) bond motifs is 2. The maximum absolute atomic E-state index is 5.49. The number of hydrogen-bond donors (Lipinski definition) is 0. The molecule has 0 N–H and O–H groups in total. The molecule has 3 rings (SSSR count). The third-order valence-corrected chi connectivity index (χ3v) is 3.48. The summed E-state index contributed by atoms with van der Waals surface area (Å²) in [6.07, 6.45) is 5.49. The second-order valence-electron chi connectivity index (χ2n) is 4.69. The molecule has 0 bridgehead atoms. The molecule has 1 unspecified atom stereocenters. The molecule has 0 nitrogen and oxygen atoms in total. The minimum atomic E-state index is 0.167. The lowest BCUT2D eigenvalue weighted by atomic mass is 9.96. The predicted octanol–water partition coefficient (Wildman–Crippen LogP) is 4.73. The van der Waals surface area contributed by atoms with E-state index in [-0.39, 0.29) is 5.92 Å². The van der Waals surface area contributed by atoms with Gasteiger partial charge in [-0.3, -0.25) is 0 Å². The van der Waals surface area contributed by atoms with Gasteiger partial charge in [-0.25, -0.2) is 0 Å². The zero-order chi connectivity index (χ0) is 12.5. The van der Waals surface area contributed by atoms with Crippen LogP contribution in [0.3, 0.4) is 0 Å². The van der Waals surface area contributed by atoms with Crippen LogP contribution in [0.25, 0.3) is 21.5 Å². The fourth-order valence-corrected chi connectivity index (χ4v) is 2.32. The van der Waals surface area contributed by atoms with Crippen LogP contribution >= 0.6 is 0 Å². The van der Waals surface area contributed by atoms with Gasteiger partial charge in [-0.2, -0.15) is 0 Å². The minimum Gasteiger partial charge on any atom is -0.119 e. The van der Waals surface area contributed by atoms with Gasteiger partial charge in [-0.1, -0.05) is 42.3 Å². The van der Waals surface area contributed by atoms with E-state index in [1.54, 1.807) is 0 Å². The second kappa shape index (κ2) is 4.20. The largest absolute Gasteiger partial charge is 0.119 e. The first-order valence-corrected chi connectivity index (χ1v) is 6.16. The van der Waals surface area contributed by atoms with Crippen molar-refractivity contribution in [2.75, 3.05) is 0 Å². The molecule has 86 valence electrons. The number of benzene rings is 3. The van der Waals surface area contributed by atoms with E-state index in [2.05, 4.69) is 67.4 Å². The molecule has 0 radical (unpaired) electrons. The molecule has 0 heterocycles. The third-order valence-electron chi connectivity index (χ3n) is 3.48. The van der Waals surface area contributed by atoms with E-state index in [9.17, 15) is 0 Å². The van der Waals surface area contributed by atoms with E-state index in [1.165, 1.54) is 27.1 Å². The SMILES string of the molecule is C#CC(C)c1ccc2cc3ccccc3cc2c1. The van der Waals surface area contributed by atoms with Gasteiger partial charge in [0.2, 0.25) is 0 Å². The van der Waals surface area contributed by atoms with Crippen LogP contribution in [0, 0.1) is 12.3 Å². The zero-order valence-corrected chi connectivity index (χ0v) is 10.4. The molecule has 0 amide bonds. The van der Waals surface area contributed by atoms with Crippen molar-refractivity contribution >= 4 is 21.5 Å². The number of hydrogen-bond acceptors (Lipinski definition) is 0. The van der Waals surface area contributed by atoms with E-state index in [0.29, 0.717) is 0 Å². The molecular weight excluding hydrogens is 216 g/mol. The maximum atomic E-state index is 5.49. The second-order valence-corrected chi connectivity index (χ2v) is 4.69. The highest BCUT2D eigenvalue weighted by Gasteiger charge is 2.03. The van der Waals surface area contributed by atoms with E-state index >= 15 is 0 Å². The molecule has 0 aromatic heterocycles. The average molecular weight is 230 g/mol. The summed E-state index contributed by atoms with van der Waals surface area (Å²) in [5, 5.41) is 5.08. The van der Waals surface area contributed by atoms with Gasteiger partial charge in [0.25, 0.3) is 0 Å². The first kappa shape index (κ1) is 10.9. The molecule has 0 aliphatic rings. The van der Waals surface area contributed by atoms with Gasteiger partial charge in [-0.05, 0) is 52.2 Å². The molecule has 0 fully saturated rings. The Morgan fingerprint density at radius 1 is 0.833 bits per heavy atom. The normalized spacial score (nSPS) is 12.4. The Morgan fingerprint density at radius 3 is 2.11 bits per heavy atom. The Morgan fingerprint density at radius 2 is 1.44 bits per heavy atom. The van der Waals surface area contributed by atoms with Crippen LogP contribution in [-0.2, 0) is 0 Å². The van der Waals surface area contributed by atoms with Gasteiger partial charge < -0.3 is 0 Å². The van der Waals surface area contributed by atoms with Crippen molar-refractivity contribution in [3.63, 3.8) is 0 Å². The van der Waals surface area contributed by atoms with E-state index < -0.39 is 0 Å². The molecule has 0 aliphatic heterocycles. The Kier molecular flexibility index (Phi) is 2.54. The first-order chi connectivity index (χ1) is 8.78. The maximum Gasteiger partial charge on any atom is 0.0421 e. The van der Waals surface area contributed by atoms with Gasteiger partial charge in [0.15, 0.2) is 0 Å². The number of terminal acetylenes is 1. The van der Waals surface area contributed by atoms with Crippen LogP contribution in [0.5, 0.6) is 0 Å². The van der Waals surface area contributed by atoms with Crippen LogP contribution in [0.4, 0.5) is 0 Å². The van der Waals surface area contributed by atoms with Crippen LogP contribution in [-0.4, -0.2) is 0 Å². The summed E-state index contributed by atoms with van der Waals surface area (Å²) in [6.45, 7) is 2.06. The van der Waals surface area contributed by atoms with Crippen LogP contribution in [0.2, 0.25) is 0 Å². The lowest BCUT2D eigenvalue weighted by molar-refractivity contribution is 1.01. The summed E-state index contributed by atoms with van der Waals surface area (Å²) >= 11 is 0. The number of rotatable bonds is 1. The molecule has 0 heteroatoms. The highest BCUT2D eigenvalue weighted by atomic mass is 14.1. The molecule has 18 heavy (non-hydrogen) atoms. The minimum absolute atomic E-state index is 0.167. The molecule has 0 spiro atoms. The smallest absolute Gasteiger partial charge is 0.0421 e. The zero-order valence-electron chi connectivity index (χ0n) is 10.4. The van der Waals surface area contributed by atoms with Crippen molar-refractivity contribution in [2.45, 2.75) is 12.8 Å². The average Bonchev–Trinajstić information content (AvgIpc) is 2.43. The monoisotopic (exact) mass is 230 g/mol. The summed E-state index contributed by atoms with van der Waals surface area (Å²) in [6, 6.07) is 19.4. The Hall–Kier alpha value is -2.26. The third kappa shape index (κ3) is 1.75. The van der Waals surface area contributed by atoms with Crippen LogP contribution < -0.4 is 0 Å². The Labute approximate surface area is 107 Å². The summed E-state index contributed by atoms with van der Waals surface area (Å²) in [5.41, 5.74) is 1.21. The molecule has 0 saturated carbocycles. The standard InChI is InChI=1S/C18H14/c1-3-13(2)14-8-9-17-11-15-6-4-5-7-16(15)12-18(17)10-14/h1,4-13H,2H3. The molecule has 3 aromatic rings. The van der Waals surface area contributed by atoms with Crippen molar-refractivity contribution in [2.24, 2.45) is 0 Å². The molecule has 3 aromatic carbocycles. The van der Waals surface area contributed by atoms with Gasteiger partial charge in [0.05, 0.1) is 0 Å². The topological polar surface area (TPSA) is 0 Å². The lowest BCUT2D eigenvalue weighted by Crippen LogP contribution is -1.89. The van der Waals surface area contributed by atoms with Crippen molar-refractivity contribution in [3.8, 4) is 12.3 Å². The summed E-state index contributed by atoms with van der Waals surface area (Å²) in [7, 11) is 0. The van der Waals surface area contributed by atoms with Crippen molar-refractivity contribution in [1.29, 1.82) is 0 Å². The predicted molar refractivity (Wildman–Crippen MR) is 78.7 cm³/mol. The summed E-state index contributed by atoms with van der Waals surface area (Å²) in [4.78, 5) is 0. The summed E-state index contributed by atoms with van der Waals surface area (Å²) in [5.74, 6) is 2.95. The van der Waals surface area contributed by atoms with Gasteiger partial charge in [0.1, 0.15) is 0 Å².